The highest BCUT2D eigenvalue weighted by molar-refractivity contribution is 5.84. The average molecular weight is 195 g/mol. The zero-order valence-corrected chi connectivity index (χ0v) is 8.87. The molecule has 2 nitrogen and oxygen atoms in total. The van der Waals surface area contributed by atoms with Gasteiger partial charge in [-0.2, -0.15) is 0 Å². The van der Waals surface area contributed by atoms with E-state index in [4.69, 9.17) is 5.73 Å². The Morgan fingerprint density at radius 3 is 2.36 bits per heavy atom. The molecule has 2 aliphatic rings. The minimum absolute atomic E-state index is 0.143. The van der Waals surface area contributed by atoms with Gasteiger partial charge in [-0.05, 0) is 24.7 Å². The minimum Gasteiger partial charge on any atom is -0.322 e. The smallest absolute Gasteiger partial charge is 0.149 e. The summed E-state index contributed by atoms with van der Waals surface area (Å²) >= 11 is 0. The van der Waals surface area contributed by atoms with Crippen LogP contribution < -0.4 is 5.73 Å². The summed E-state index contributed by atoms with van der Waals surface area (Å²) < 4.78 is 0. The molecule has 0 aromatic rings. The minimum atomic E-state index is -0.143. The van der Waals surface area contributed by atoms with E-state index in [-0.39, 0.29) is 11.8 Å². The molecule has 2 aliphatic carbocycles. The molecular formula is C12H21NO. The van der Waals surface area contributed by atoms with Crippen LogP contribution in [0.4, 0.5) is 0 Å². The van der Waals surface area contributed by atoms with Crippen LogP contribution in [-0.2, 0) is 4.79 Å². The van der Waals surface area contributed by atoms with Gasteiger partial charge in [-0.1, -0.05) is 32.1 Å². The molecule has 0 spiro atoms. The van der Waals surface area contributed by atoms with Crippen LogP contribution in [0.1, 0.15) is 51.4 Å². The van der Waals surface area contributed by atoms with E-state index in [1.54, 1.807) is 0 Å². The molecule has 2 saturated carbocycles. The third-order valence-electron chi connectivity index (χ3n) is 4.05. The van der Waals surface area contributed by atoms with E-state index in [0.717, 1.165) is 31.1 Å². The quantitative estimate of drug-likeness (QED) is 0.697. The Balaban J connectivity index is 1.88. The predicted octanol–water partition coefficient (Wildman–Crippen LogP) is 2.26. The van der Waals surface area contributed by atoms with Gasteiger partial charge in [-0.25, -0.2) is 0 Å². The number of nitrogens with two attached hydrogens (primary N) is 1. The van der Waals surface area contributed by atoms with Gasteiger partial charge < -0.3 is 5.73 Å². The fourth-order valence-electron chi connectivity index (χ4n) is 3.12. The molecule has 0 radical (unpaired) electrons. The summed E-state index contributed by atoms with van der Waals surface area (Å²) in [5.74, 6) is 1.92. The van der Waals surface area contributed by atoms with Crippen LogP contribution in [0, 0.1) is 11.8 Å². The van der Waals surface area contributed by atoms with Crippen molar-refractivity contribution in [1.29, 1.82) is 0 Å². The molecule has 0 saturated heterocycles. The SMILES string of the molecule is N[C@@H]1C[C@H](C2CCCCC2)CCC1=O. The van der Waals surface area contributed by atoms with Crippen molar-refractivity contribution in [3.63, 3.8) is 0 Å². The highest BCUT2D eigenvalue weighted by Gasteiger charge is 2.31. The van der Waals surface area contributed by atoms with Crippen LogP contribution in [0.2, 0.25) is 0 Å². The Labute approximate surface area is 86.2 Å². The van der Waals surface area contributed by atoms with Gasteiger partial charge in [0.25, 0.3) is 0 Å². The van der Waals surface area contributed by atoms with Crippen LogP contribution in [0.3, 0.4) is 0 Å². The second kappa shape index (κ2) is 4.43. The van der Waals surface area contributed by atoms with Crippen molar-refractivity contribution in [3.8, 4) is 0 Å². The summed E-state index contributed by atoms with van der Waals surface area (Å²) in [7, 11) is 0. The summed E-state index contributed by atoms with van der Waals surface area (Å²) in [5, 5.41) is 0. The van der Waals surface area contributed by atoms with Gasteiger partial charge in [-0.3, -0.25) is 4.79 Å². The predicted molar refractivity (Wildman–Crippen MR) is 56.9 cm³/mol. The molecule has 0 bridgehead atoms. The average Bonchev–Trinajstić information content (AvgIpc) is 2.23. The van der Waals surface area contributed by atoms with Crippen molar-refractivity contribution in [2.24, 2.45) is 17.6 Å². The molecule has 0 unspecified atom stereocenters. The van der Waals surface area contributed by atoms with Gasteiger partial charge in [0.15, 0.2) is 0 Å². The number of Topliss-reactive ketones (excluding diaryl/α,β-unsaturated/α-hetero) is 1. The van der Waals surface area contributed by atoms with Crippen LogP contribution in [-0.4, -0.2) is 11.8 Å². The van der Waals surface area contributed by atoms with E-state index in [2.05, 4.69) is 0 Å². The molecule has 80 valence electrons. The van der Waals surface area contributed by atoms with E-state index >= 15 is 0 Å². The van der Waals surface area contributed by atoms with Crippen molar-refractivity contribution in [2.45, 2.75) is 57.4 Å². The van der Waals surface area contributed by atoms with Gasteiger partial charge in [0.05, 0.1) is 6.04 Å². The van der Waals surface area contributed by atoms with Crippen molar-refractivity contribution >= 4 is 5.78 Å². The summed E-state index contributed by atoms with van der Waals surface area (Å²) in [6, 6.07) is -0.143. The summed E-state index contributed by atoms with van der Waals surface area (Å²) in [6.45, 7) is 0. The summed E-state index contributed by atoms with van der Waals surface area (Å²) in [4.78, 5) is 11.3. The lowest BCUT2D eigenvalue weighted by Crippen LogP contribution is -2.39. The maximum atomic E-state index is 11.3. The zero-order chi connectivity index (χ0) is 9.97. The summed E-state index contributed by atoms with van der Waals surface area (Å²) in [6.07, 6.45) is 9.77. The number of rotatable bonds is 1. The molecule has 14 heavy (non-hydrogen) atoms. The molecule has 0 amide bonds. The van der Waals surface area contributed by atoms with Gasteiger partial charge in [-0.15, -0.1) is 0 Å². The Kier molecular flexibility index (Phi) is 3.22. The van der Waals surface area contributed by atoms with Gasteiger partial charge in [0.1, 0.15) is 5.78 Å². The van der Waals surface area contributed by atoms with E-state index in [1.807, 2.05) is 0 Å². The first-order valence-corrected chi connectivity index (χ1v) is 6.05. The topological polar surface area (TPSA) is 43.1 Å². The fraction of sp³-hybridized carbons (Fsp3) is 0.917. The Morgan fingerprint density at radius 2 is 1.71 bits per heavy atom. The van der Waals surface area contributed by atoms with Crippen molar-refractivity contribution in [3.05, 3.63) is 0 Å². The summed E-state index contributed by atoms with van der Waals surface area (Å²) in [5.41, 5.74) is 5.83. The Morgan fingerprint density at radius 1 is 1.00 bits per heavy atom. The lowest BCUT2D eigenvalue weighted by Gasteiger charge is -2.34. The molecule has 2 N–H and O–H groups in total. The van der Waals surface area contributed by atoms with Crippen LogP contribution >= 0.6 is 0 Å². The Hall–Kier alpha value is -0.370. The van der Waals surface area contributed by atoms with Crippen molar-refractivity contribution in [2.75, 3.05) is 0 Å². The normalized spacial score (nSPS) is 35.9. The van der Waals surface area contributed by atoms with Crippen LogP contribution in [0.5, 0.6) is 0 Å². The lowest BCUT2D eigenvalue weighted by atomic mass is 9.72. The first-order chi connectivity index (χ1) is 6.77. The highest BCUT2D eigenvalue weighted by Crippen LogP contribution is 2.36. The number of ketones is 1. The van der Waals surface area contributed by atoms with Gasteiger partial charge >= 0.3 is 0 Å². The van der Waals surface area contributed by atoms with E-state index in [0.29, 0.717) is 0 Å². The number of hydrogen-bond donors (Lipinski definition) is 1. The van der Waals surface area contributed by atoms with E-state index < -0.39 is 0 Å². The maximum Gasteiger partial charge on any atom is 0.149 e. The molecule has 2 heteroatoms. The third kappa shape index (κ3) is 2.17. The monoisotopic (exact) mass is 195 g/mol. The highest BCUT2D eigenvalue weighted by atomic mass is 16.1. The van der Waals surface area contributed by atoms with E-state index in [1.165, 1.54) is 32.1 Å². The molecule has 0 aliphatic heterocycles. The molecule has 2 atom stereocenters. The number of carbonyl (C=O) groups excluding carboxylic acids is 1. The Bertz CT molecular complexity index is 208. The van der Waals surface area contributed by atoms with Gasteiger partial charge in [0.2, 0.25) is 0 Å². The van der Waals surface area contributed by atoms with Crippen LogP contribution in [0.15, 0.2) is 0 Å². The molecule has 2 fully saturated rings. The second-order valence-electron chi connectivity index (χ2n) is 5.01. The zero-order valence-electron chi connectivity index (χ0n) is 8.87. The molecular weight excluding hydrogens is 174 g/mol. The van der Waals surface area contributed by atoms with Crippen molar-refractivity contribution in [1.82, 2.24) is 0 Å². The molecule has 0 aromatic carbocycles. The first kappa shape index (κ1) is 10.2. The fourth-order valence-corrected chi connectivity index (χ4v) is 3.12. The van der Waals surface area contributed by atoms with Crippen molar-refractivity contribution < 1.29 is 4.79 Å². The third-order valence-corrected chi connectivity index (χ3v) is 4.05. The number of carbonyl (C=O) groups is 1. The van der Waals surface area contributed by atoms with E-state index in [9.17, 15) is 4.79 Å². The maximum absolute atomic E-state index is 11.3. The lowest BCUT2D eigenvalue weighted by molar-refractivity contribution is -0.122. The van der Waals surface area contributed by atoms with Crippen LogP contribution in [0.25, 0.3) is 0 Å². The largest absolute Gasteiger partial charge is 0.322 e. The number of hydrogen-bond acceptors (Lipinski definition) is 2. The molecule has 2 rings (SSSR count). The standard InChI is InChI=1S/C12H21NO/c13-11-8-10(6-7-12(11)14)9-4-2-1-3-5-9/h9-11H,1-8,13H2/t10-,11-/m1/s1. The molecule has 0 heterocycles. The molecule has 0 aromatic heterocycles. The first-order valence-electron chi connectivity index (χ1n) is 6.05. The second-order valence-corrected chi connectivity index (χ2v) is 5.01. The van der Waals surface area contributed by atoms with Gasteiger partial charge in [0, 0.05) is 6.42 Å².